The van der Waals surface area contributed by atoms with E-state index >= 15 is 0 Å². The summed E-state index contributed by atoms with van der Waals surface area (Å²) < 4.78 is 22.1. The van der Waals surface area contributed by atoms with Crippen molar-refractivity contribution in [1.82, 2.24) is 4.98 Å². The molecule has 16 heavy (non-hydrogen) atoms. The molecule has 0 bridgehead atoms. The molecule has 0 saturated heterocycles. The van der Waals surface area contributed by atoms with E-state index in [0.29, 0.717) is 15.9 Å². The molecule has 0 aliphatic carbocycles. The van der Waals surface area contributed by atoms with Gasteiger partial charge in [0.15, 0.2) is 0 Å². The molecule has 3 nitrogen and oxygen atoms in total. The van der Waals surface area contributed by atoms with E-state index in [-0.39, 0.29) is 11.4 Å². The van der Waals surface area contributed by atoms with Crippen LogP contribution in [0.2, 0.25) is 5.02 Å². The monoisotopic (exact) mass is 239 g/mol. The summed E-state index contributed by atoms with van der Waals surface area (Å²) in [6.07, 6.45) is 0. The highest BCUT2D eigenvalue weighted by atomic mass is 35.5. The average molecular weight is 240 g/mol. The van der Waals surface area contributed by atoms with E-state index in [1.165, 1.54) is 6.92 Å². The molecule has 2 aromatic rings. The van der Waals surface area contributed by atoms with Crippen LogP contribution >= 0.6 is 11.6 Å². The molecule has 0 fully saturated rings. The SMILES string of the molecule is [2H]C([2H])([2H])C(C)(O)c1nc2ccc(Cl)cc2cc1N. The number of aliphatic hydroxyl groups is 1. The van der Waals surface area contributed by atoms with E-state index in [9.17, 15) is 5.11 Å². The van der Waals surface area contributed by atoms with Crippen LogP contribution in [-0.2, 0) is 5.60 Å². The Bertz CT molecular complexity index is 641. The first-order chi connectivity index (χ1) is 8.63. The number of fused-ring (bicyclic) bond motifs is 1. The largest absolute Gasteiger partial charge is 0.397 e. The molecule has 84 valence electrons. The van der Waals surface area contributed by atoms with Crippen molar-refractivity contribution in [3.8, 4) is 0 Å². The summed E-state index contributed by atoms with van der Waals surface area (Å²) in [5, 5.41) is 11.4. The number of nitrogen functional groups attached to an aromatic ring is 1. The van der Waals surface area contributed by atoms with Gasteiger partial charge in [-0.05, 0) is 38.0 Å². The Hall–Kier alpha value is -1.32. The zero-order chi connectivity index (χ0) is 14.4. The lowest BCUT2D eigenvalue weighted by molar-refractivity contribution is 0.0751. The van der Waals surface area contributed by atoms with Gasteiger partial charge < -0.3 is 10.8 Å². The minimum Gasteiger partial charge on any atom is -0.397 e. The molecule has 0 amide bonds. The standard InChI is InChI=1S/C12H13ClN2O/c1-12(2,16)11-9(14)6-7-5-8(13)3-4-10(7)15-11/h3-6,16H,14H2,1-2H3/i1D3. The zero-order valence-electron chi connectivity index (χ0n) is 11.7. The van der Waals surface area contributed by atoms with Crippen molar-refractivity contribution in [3.05, 3.63) is 35.0 Å². The summed E-state index contributed by atoms with van der Waals surface area (Å²) in [6.45, 7) is -1.44. The van der Waals surface area contributed by atoms with Gasteiger partial charge in [-0.1, -0.05) is 11.6 Å². The third kappa shape index (κ3) is 1.96. The Morgan fingerprint density at radius 3 is 2.94 bits per heavy atom. The highest BCUT2D eigenvalue weighted by Crippen LogP contribution is 2.28. The summed E-state index contributed by atoms with van der Waals surface area (Å²) in [4.78, 5) is 4.16. The number of nitrogens with zero attached hydrogens (tertiary/aromatic N) is 1. The Morgan fingerprint density at radius 2 is 2.25 bits per heavy atom. The summed E-state index contributed by atoms with van der Waals surface area (Å²) in [6, 6.07) is 6.52. The number of hydrogen-bond donors (Lipinski definition) is 2. The fourth-order valence-electron chi connectivity index (χ4n) is 1.55. The first-order valence-corrected chi connectivity index (χ1v) is 5.09. The molecule has 1 aromatic carbocycles. The minimum atomic E-state index is -2.62. The lowest BCUT2D eigenvalue weighted by Crippen LogP contribution is -2.19. The Morgan fingerprint density at radius 1 is 1.50 bits per heavy atom. The Labute approximate surface area is 103 Å². The summed E-state index contributed by atoms with van der Waals surface area (Å²) in [7, 11) is 0. The molecule has 0 spiro atoms. The lowest BCUT2D eigenvalue weighted by Gasteiger charge is -2.19. The number of benzene rings is 1. The van der Waals surface area contributed by atoms with Crippen molar-refractivity contribution in [3.63, 3.8) is 0 Å². The summed E-state index contributed by atoms with van der Waals surface area (Å²) in [5.41, 5.74) is 4.29. The van der Waals surface area contributed by atoms with Gasteiger partial charge in [-0.2, -0.15) is 0 Å². The van der Waals surface area contributed by atoms with Crippen LogP contribution in [0.1, 0.15) is 23.6 Å². The molecule has 0 radical (unpaired) electrons. The minimum absolute atomic E-state index is 0.0534. The van der Waals surface area contributed by atoms with Crippen LogP contribution < -0.4 is 5.73 Å². The number of aromatic nitrogens is 1. The van der Waals surface area contributed by atoms with E-state index in [1.54, 1.807) is 24.3 Å². The van der Waals surface area contributed by atoms with E-state index in [2.05, 4.69) is 4.98 Å². The first-order valence-electron chi connectivity index (χ1n) is 6.21. The molecule has 1 atom stereocenters. The number of nitrogens with two attached hydrogens (primary N) is 1. The Balaban J connectivity index is 2.69. The smallest absolute Gasteiger partial charge is 0.103 e. The predicted molar refractivity (Wildman–Crippen MR) is 66.4 cm³/mol. The van der Waals surface area contributed by atoms with Crippen molar-refractivity contribution in [2.75, 3.05) is 5.73 Å². The molecule has 1 heterocycles. The fourth-order valence-corrected chi connectivity index (χ4v) is 1.73. The summed E-state index contributed by atoms with van der Waals surface area (Å²) in [5.74, 6) is 0. The van der Waals surface area contributed by atoms with Gasteiger partial charge in [0.2, 0.25) is 0 Å². The van der Waals surface area contributed by atoms with Crippen LogP contribution in [0, 0.1) is 0 Å². The van der Waals surface area contributed by atoms with Crippen LogP contribution in [0.25, 0.3) is 10.9 Å². The Kier molecular flexibility index (Phi) is 1.78. The molecule has 0 aliphatic heterocycles. The maximum Gasteiger partial charge on any atom is 0.103 e. The number of halogens is 1. The third-order valence-corrected chi connectivity index (χ3v) is 2.50. The third-order valence-electron chi connectivity index (χ3n) is 2.27. The molecular formula is C12H13ClN2O. The molecule has 1 unspecified atom stereocenters. The molecule has 0 saturated carbocycles. The van der Waals surface area contributed by atoms with E-state index in [1.807, 2.05) is 0 Å². The van der Waals surface area contributed by atoms with Gasteiger partial charge in [0.25, 0.3) is 0 Å². The maximum atomic E-state index is 10.2. The van der Waals surface area contributed by atoms with Gasteiger partial charge in [-0.25, -0.2) is 4.98 Å². The normalized spacial score (nSPS) is 18.6. The van der Waals surface area contributed by atoms with Crippen LogP contribution in [-0.4, -0.2) is 10.1 Å². The van der Waals surface area contributed by atoms with Crippen molar-refractivity contribution >= 4 is 28.2 Å². The highest BCUT2D eigenvalue weighted by molar-refractivity contribution is 6.31. The van der Waals surface area contributed by atoms with E-state index in [4.69, 9.17) is 21.4 Å². The molecule has 3 N–H and O–H groups in total. The quantitative estimate of drug-likeness (QED) is 0.805. The van der Waals surface area contributed by atoms with Gasteiger partial charge in [0.05, 0.1) is 16.9 Å². The highest BCUT2D eigenvalue weighted by Gasteiger charge is 2.21. The predicted octanol–water partition coefficient (Wildman–Crippen LogP) is 2.70. The molecular weight excluding hydrogens is 224 g/mol. The summed E-state index contributed by atoms with van der Waals surface area (Å²) >= 11 is 5.87. The van der Waals surface area contributed by atoms with Crippen LogP contribution in [0.3, 0.4) is 0 Å². The van der Waals surface area contributed by atoms with Crippen LogP contribution in [0.15, 0.2) is 24.3 Å². The number of pyridine rings is 1. The first kappa shape index (κ1) is 7.87. The van der Waals surface area contributed by atoms with Crippen molar-refractivity contribution in [2.24, 2.45) is 0 Å². The fraction of sp³-hybridized carbons (Fsp3) is 0.250. The van der Waals surface area contributed by atoms with Crippen molar-refractivity contribution in [2.45, 2.75) is 19.4 Å². The van der Waals surface area contributed by atoms with Gasteiger partial charge in [-0.3, -0.25) is 0 Å². The van der Waals surface area contributed by atoms with Crippen LogP contribution in [0.5, 0.6) is 0 Å². The van der Waals surface area contributed by atoms with Gasteiger partial charge in [0, 0.05) is 14.5 Å². The molecule has 2 rings (SSSR count). The zero-order valence-corrected chi connectivity index (χ0v) is 9.42. The topological polar surface area (TPSA) is 59.1 Å². The van der Waals surface area contributed by atoms with Crippen molar-refractivity contribution in [1.29, 1.82) is 0 Å². The number of rotatable bonds is 1. The van der Waals surface area contributed by atoms with E-state index < -0.39 is 12.5 Å². The molecule has 0 aliphatic rings. The second kappa shape index (κ2) is 3.61. The molecule has 1 aromatic heterocycles. The number of anilines is 1. The maximum absolute atomic E-state index is 10.2. The van der Waals surface area contributed by atoms with Gasteiger partial charge >= 0.3 is 0 Å². The lowest BCUT2D eigenvalue weighted by atomic mass is 10.0. The molecule has 4 heteroatoms. The van der Waals surface area contributed by atoms with Crippen molar-refractivity contribution < 1.29 is 9.22 Å². The second-order valence-electron chi connectivity index (χ2n) is 3.84. The second-order valence-corrected chi connectivity index (χ2v) is 4.27. The number of hydrogen-bond acceptors (Lipinski definition) is 3. The van der Waals surface area contributed by atoms with Gasteiger partial charge in [-0.15, -0.1) is 0 Å². The van der Waals surface area contributed by atoms with Gasteiger partial charge in [0.1, 0.15) is 5.60 Å². The van der Waals surface area contributed by atoms with E-state index in [0.717, 1.165) is 0 Å². The average Bonchev–Trinajstić information content (AvgIpc) is 2.26. The van der Waals surface area contributed by atoms with Crippen LogP contribution in [0.4, 0.5) is 5.69 Å².